The molecular weight excluding hydrogens is 253 g/mol. The summed E-state index contributed by atoms with van der Waals surface area (Å²) in [6.07, 6.45) is 1.05. The van der Waals surface area contributed by atoms with Crippen LogP contribution in [0.4, 0.5) is 5.69 Å². The lowest BCUT2D eigenvalue weighted by molar-refractivity contribution is 0.475. The fraction of sp³-hybridized carbons (Fsp3) is 0.250. The first-order valence-corrected chi connectivity index (χ1v) is 4.49. The molecule has 0 saturated carbocycles. The lowest BCUT2D eigenvalue weighted by Crippen LogP contribution is -2.02. The van der Waals surface area contributed by atoms with E-state index in [0.717, 1.165) is 13.0 Å². The Labute approximate surface area is 79.3 Å². The van der Waals surface area contributed by atoms with E-state index in [2.05, 4.69) is 26.0 Å². The Kier molecular flexibility index (Phi) is 1.67. The van der Waals surface area contributed by atoms with Crippen molar-refractivity contribution in [2.75, 3.05) is 9.66 Å². The number of phenols is 1. The molecule has 1 aliphatic heterocycles. The number of fused-ring (bicyclic) bond motifs is 1. The summed E-state index contributed by atoms with van der Waals surface area (Å²) in [5, 5.41) is 9.16. The molecule has 1 aromatic rings. The second-order valence-corrected chi connectivity index (χ2v) is 3.81. The molecule has 2 nitrogen and oxygen atoms in total. The quantitative estimate of drug-likeness (QED) is 0.571. The first-order valence-electron chi connectivity index (χ1n) is 3.52. The van der Waals surface area contributed by atoms with Gasteiger partial charge in [0.2, 0.25) is 0 Å². The van der Waals surface area contributed by atoms with Crippen LogP contribution in [0.1, 0.15) is 5.56 Å². The van der Waals surface area contributed by atoms with Crippen LogP contribution in [0, 0.1) is 0 Å². The van der Waals surface area contributed by atoms with Crippen molar-refractivity contribution in [2.45, 2.75) is 6.42 Å². The van der Waals surface area contributed by atoms with Crippen LogP contribution in [0.25, 0.3) is 0 Å². The maximum atomic E-state index is 9.16. The lowest BCUT2D eigenvalue weighted by atomic mass is 10.1. The molecule has 1 aliphatic rings. The van der Waals surface area contributed by atoms with E-state index in [1.165, 1.54) is 11.3 Å². The predicted molar refractivity (Wildman–Crippen MR) is 53.2 cm³/mol. The van der Waals surface area contributed by atoms with Gasteiger partial charge in [0.05, 0.1) is 22.9 Å². The summed E-state index contributed by atoms with van der Waals surface area (Å²) in [6.45, 7) is 1.05. The summed E-state index contributed by atoms with van der Waals surface area (Å²) in [5.74, 6) is 0.371. The fourth-order valence-corrected chi connectivity index (χ4v) is 2.06. The maximum Gasteiger partial charge on any atom is 0.116 e. The Morgan fingerprint density at radius 3 is 3.09 bits per heavy atom. The summed E-state index contributed by atoms with van der Waals surface area (Å²) in [7, 11) is 0. The Hall–Kier alpha value is -0.450. The average Bonchev–Trinajstić information content (AvgIpc) is 2.32. The number of benzene rings is 1. The Morgan fingerprint density at radius 2 is 2.27 bits per heavy atom. The monoisotopic (exact) mass is 261 g/mol. The van der Waals surface area contributed by atoms with Crippen molar-refractivity contribution in [1.82, 2.24) is 0 Å². The fourth-order valence-electron chi connectivity index (χ4n) is 1.35. The summed E-state index contributed by atoms with van der Waals surface area (Å²) in [4.78, 5) is 0. The van der Waals surface area contributed by atoms with Gasteiger partial charge in [0, 0.05) is 12.2 Å². The van der Waals surface area contributed by atoms with Crippen LogP contribution in [0.2, 0.25) is 0 Å². The minimum atomic E-state index is 0.371. The largest absolute Gasteiger partial charge is 0.508 e. The van der Waals surface area contributed by atoms with Gasteiger partial charge in [-0.25, -0.2) is 0 Å². The molecule has 0 aromatic heterocycles. The van der Waals surface area contributed by atoms with Gasteiger partial charge < -0.3 is 8.22 Å². The van der Waals surface area contributed by atoms with Gasteiger partial charge in [0.25, 0.3) is 0 Å². The molecule has 0 bridgehead atoms. The highest BCUT2D eigenvalue weighted by molar-refractivity contribution is 14.1. The smallest absolute Gasteiger partial charge is 0.116 e. The highest BCUT2D eigenvalue weighted by Crippen LogP contribution is 2.32. The number of hydrogen-bond acceptors (Lipinski definition) is 2. The molecule has 3 heteroatoms. The molecule has 0 spiro atoms. The van der Waals surface area contributed by atoms with Gasteiger partial charge in [-0.05, 0) is 30.2 Å². The Bertz CT molecular complexity index is 287. The van der Waals surface area contributed by atoms with Crippen LogP contribution in [-0.4, -0.2) is 11.7 Å². The molecule has 0 radical (unpaired) electrons. The average molecular weight is 261 g/mol. The van der Waals surface area contributed by atoms with Crippen LogP contribution in [-0.2, 0) is 6.42 Å². The molecule has 1 heterocycles. The van der Waals surface area contributed by atoms with Gasteiger partial charge in [0.15, 0.2) is 0 Å². The first kappa shape index (κ1) is 7.21. The van der Waals surface area contributed by atoms with Gasteiger partial charge in [-0.15, -0.1) is 0 Å². The van der Waals surface area contributed by atoms with Gasteiger partial charge >= 0.3 is 0 Å². The van der Waals surface area contributed by atoms with E-state index in [-0.39, 0.29) is 0 Å². The first-order chi connectivity index (χ1) is 5.27. The molecule has 0 unspecified atom stereocenters. The van der Waals surface area contributed by atoms with Crippen molar-refractivity contribution < 1.29 is 5.11 Å². The number of anilines is 1. The SMILES string of the molecule is Oc1ccc2c(c1)CCN2I. The lowest BCUT2D eigenvalue weighted by Gasteiger charge is -2.07. The zero-order valence-electron chi connectivity index (χ0n) is 5.92. The van der Waals surface area contributed by atoms with Crippen molar-refractivity contribution >= 4 is 28.6 Å². The molecule has 1 aromatic carbocycles. The minimum Gasteiger partial charge on any atom is -0.508 e. The third-order valence-corrected chi connectivity index (χ3v) is 2.90. The standard InChI is InChI=1S/C8H8INO/c9-10-4-3-6-5-7(11)1-2-8(6)10/h1-2,5,11H,3-4H2. The van der Waals surface area contributed by atoms with E-state index in [1.54, 1.807) is 6.07 Å². The van der Waals surface area contributed by atoms with Crippen LogP contribution < -0.4 is 3.11 Å². The molecule has 0 amide bonds. The molecule has 0 saturated heterocycles. The second kappa shape index (κ2) is 2.55. The van der Waals surface area contributed by atoms with Crippen LogP contribution in [0.15, 0.2) is 18.2 Å². The second-order valence-electron chi connectivity index (χ2n) is 2.65. The van der Waals surface area contributed by atoms with Gasteiger partial charge in [0.1, 0.15) is 5.75 Å². The van der Waals surface area contributed by atoms with Crippen molar-refractivity contribution in [3.05, 3.63) is 23.8 Å². The summed E-state index contributed by atoms with van der Waals surface area (Å²) in [5.41, 5.74) is 2.49. The molecule has 0 aliphatic carbocycles. The molecule has 1 N–H and O–H groups in total. The van der Waals surface area contributed by atoms with Crippen molar-refractivity contribution in [3.8, 4) is 5.75 Å². The van der Waals surface area contributed by atoms with Crippen LogP contribution >= 0.6 is 22.9 Å². The van der Waals surface area contributed by atoms with E-state index in [0.29, 0.717) is 5.75 Å². The third kappa shape index (κ3) is 1.17. The van der Waals surface area contributed by atoms with Crippen molar-refractivity contribution in [1.29, 1.82) is 0 Å². The summed E-state index contributed by atoms with van der Waals surface area (Å²) < 4.78 is 2.17. The normalized spacial score (nSPS) is 15.2. The number of aromatic hydroxyl groups is 1. The van der Waals surface area contributed by atoms with E-state index in [9.17, 15) is 0 Å². The van der Waals surface area contributed by atoms with Crippen LogP contribution in [0.3, 0.4) is 0 Å². The predicted octanol–water partition coefficient (Wildman–Crippen LogP) is 2.10. The number of halogens is 1. The summed E-state index contributed by atoms with van der Waals surface area (Å²) >= 11 is 2.29. The van der Waals surface area contributed by atoms with Crippen LogP contribution in [0.5, 0.6) is 5.75 Å². The topological polar surface area (TPSA) is 23.5 Å². The van der Waals surface area contributed by atoms with E-state index in [1.807, 2.05) is 12.1 Å². The van der Waals surface area contributed by atoms with Gasteiger partial charge in [-0.2, -0.15) is 0 Å². The minimum absolute atomic E-state index is 0.371. The number of hydrogen-bond donors (Lipinski definition) is 1. The van der Waals surface area contributed by atoms with E-state index < -0.39 is 0 Å². The summed E-state index contributed by atoms with van der Waals surface area (Å²) in [6, 6.07) is 5.54. The number of nitrogens with zero attached hydrogens (tertiary/aromatic N) is 1. The molecule has 2 rings (SSSR count). The molecule has 0 fully saturated rings. The molecule has 58 valence electrons. The van der Waals surface area contributed by atoms with Gasteiger partial charge in [-0.1, -0.05) is 0 Å². The van der Waals surface area contributed by atoms with Gasteiger partial charge in [-0.3, -0.25) is 0 Å². The highest BCUT2D eigenvalue weighted by Gasteiger charge is 2.16. The zero-order chi connectivity index (χ0) is 7.84. The van der Waals surface area contributed by atoms with Crippen molar-refractivity contribution in [3.63, 3.8) is 0 Å². The van der Waals surface area contributed by atoms with E-state index >= 15 is 0 Å². The highest BCUT2D eigenvalue weighted by atomic mass is 127. The van der Waals surface area contributed by atoms with Crippen molar-refractivity contribution in [2.24, 2.45) is 0 Å². The Balaban J connectivity index is 2.50. The maximum absolute atomic E-state index is 9.16. The molecule has 11 heavy (non-hydrogen) atoms. The van der Waals surface area contributed by atoms with E-state index in [4.69, 9.17) is 5.11 Å². The molecular formula is C8H8INO. The number of phenolic OH excluding ortho intramolecular Hbond substituents is 1. The zero-order valence-corrected chi connectivity index (χ0v) is 8.08. The number of rotatable bonds is 0. The molecule has 0 atom stereocenters. The third-order valence-electron chi connectivity index (χ3n) is 1.90. The Morgan fingerprint density at radius 1 is 1.45 bits per heavy atom.